The Hall–Kier alpha value is -1.12. The maximum absolute atomic E-state index is 12.0. The molecular formula is C11H16BrN3O3S. The first-order valence-electron chi connectivity index (χ1n) is 5.68. The molecule has 1 rings (SSSR count). The van der Waals surface area contributed by atoms with E-state index < -0.39 is 10.0 Å². The molecule has 0 atom stereocenters. The lowest BCUT2D eigenvalue weighted by atomic mass is 10.3. The number of benzene rings is 1. The van der Waals surface area contributed by atoms with E-state index in [1.165, 1.54) is 6.07 Å². The summed E-state index contributed by atoms with van der Waals surface area (Å²) in [5, 5.41) is 2.59. The topological polar surface area (TPSA) is 101 Å². The standard InChI is InChI=1S/C11H16BrN3O3S/c1-2-14-11(16)5-6-15-19(17,18)10-7-8(13)3-4-9(10)12/h3-4,7,15H,2,5-6,13H2,1H3,(H,14,16). The molecule has 0 saturated heterocycles. The van der Waals surface area contributed by atoms with Crippen molar-refractivity contribution in [3.8, 4) is 0 Å². The zero-order valence-electron chi connectivity index (χ0n) is 10.4. The van der Waals surface area contributed by atoms with Crippen molar-refractivity contribution in [2.75, 3.05) is 18.8 Å². The molecule has 0 saturated carbocycles. The van der Waals surface area contributed by atoms with E-state index in [4.69, 9.17) is 5.73 Å². The lowest BCUT2D eigenvalue weighted by Crippen LogP contribution is -2.30. The predicted octanol–water partition coefficient (Wildman–Crippen LogP) is 0.836. The molecule has 19 heavy (non-hydrogen) atoms. The summed E-state index contributed by atoms with van der Waals surface area (Å²) in [5.41, 5.74) is 5.92. The summed E-state index contributed by atoms with van der Waals surface area (Å²) in [6.45, 7) is 2.35. The summed E-state index contributed by atoms with van der Waals surface area (Å²) in [6, 6.07) is 4.52. The van der Waals surface area contributed by atoms with Gasteiger partial charge in [-0.25, -0.2) is 13.1 Å². The number of nitrogen functional groups attached to an aromatic ring is 1. The number of sulfonamides is 1. The highest BCUT2D eigenvalue weighted by atomic mass is 79.9. The van der Waals surface area contributed by atoms with Gasteiger partial charge >= 0.3 is 0 Å². The Morgan fingerprint density at radius 1 is 1.42 bits per heavy atom. The number of anilines is 1. The molecule has 0 bridgehead atoms. The summed E-state index contributed by atoms with van der Waals surface area (Å²) in [5.74, 6) is -0.197. The van der Waals surface area contributed by atoms with Crippen molar-refractivity contribution in [1.82, 2.24) is 10.0 Å². The van der Waals surface area contributed by atoms with Crippen LogP contribution in [0.3, 0.4) is 0 Å². The normalized spacial score (nSPS) is 11.3. The molecule has 0 unspecified atom stereocenters. The second kappa shape index (κ2) is 6.88. The van der Waals surface area contributed by atoms with Crippen LogP contribution in [0.25, 0.3) is 0 Å². The number of halogens is 1. The van der Waals surface area contributed by atoms with Gasteiger partial charge in [-0.3, -0.25) is 4.79 Å². The zero-order chi connectivity index (χ0) is 14.5. The quantitative estimate of drug-likeness (QED) is 0.662. The molecule has 0 aliphatic rings. The SMILES string of the molecule is CCNC(=O)CCNS(=O)(=O)c1cc(N)ccc1Br. The molecule has 106 valence electrons. The van der Waals surface area contributed by atoms with Gasteiger partial charge in [0.25, 0.3) is 0 Å². The smallest absolute Gasteiger partial charge is 0.241 e. The summed E-state index contributed by atoms with van der Waals surface area (Å²) in [6.07, 6.45) is 0.0903. The van der Waals surface area contributed by atoms with E-state index in [0.29, 0.717) is 16.7 Å². The van der Waals surface area contributed by atoms with Gasteiger partial charge in [-0.15, -0.1) is 0 Å². The van der Waals surface area contributed by atoms with Gasteiger partial charge in [0.1, 0.15) is 0 Å². The number of nitrogens with two attached hydrogens (primary N) is 1. The van der Waals surface area contributed by atoms with Crippen LogP contribution in [0.15, 0.2) is 27.6 Å². The van der Waals surface area contributed by atoms with Crippen molar-refractivity contribution < 1.29 is 13.2 Å². The van der Waals surface area contributed by atoms with Gasteiger partial charge in [-0.05, 0) is 41.1 Å². The molecule has 6 nitrogen and oxygen atoms in total. The highest BCUT2D eigenvalue weighted by Gasteiger charge is 2.17. The second-order valence-electron chi connectivity index (χ2n) is 3.79. The van der Waals surface area contributed by atoms with Crippen LogP contribution in [-0.2, 0) is 14.8 Å². The molecule has 1 aromatic carbocycles. The van der Waals surface area contributed by atoms with Crippen molar-refractivity contribution in [2.45, 2.75) is 18.2 Å². The van der Waals surface area contributed by atoms with Crippen LogP contribution in [0.1, 0.15) is 13.3 Å². The Morgan fingerprint density at radius 3 is 2.74 bits per heavy atom. The fraction of sp³-hybridized carbons (Fsp3) is 0.364. The molecule has 4 N–H and O–H groups in total. The van der Waals surface area contributed by atoms with E-state index in [0.717, 1.165) is 0 Å². The first kappa shape index (κ1) is 15.9. The Bertz CT molecular complexity index is 560. The van der Waals surface area contributed by atoms with E-state index in [1.54, 1.807) is 19.1 Å². The lowest BCUT2D eigenvalue weighted by Gasteiger charge is -2.09. The van der Waals surface area contributed by atoms with Crippen LogP contribution in [-0.4, -0.2) is 27.4 Å². The number of hydrogen-bond donors (Lipinski definition) is 3. The van der Waals surface area contributed by atoms with Crippen LogP contribution in [0.4, 0.5) is 5.69 Å². The molecule has 0 aliphatic carbocycles. The molecule has 1 amide bonds. The molecule has 0 radical (unpaired) electrons. The van der Waals surface area contributed by atoms with Gasteiger partial charge in [0.05, 0.1) is 4.90 Å². The van der Waals surface area contributed by atoms with Gasteiger partial charge in [-0.2, -0.15) is 0 Å². The van der Waals surface area contributed by atoms with E-state index in [9.17, 15) is 13.2 Å². The third-order valence-corrected chi connectivity index (χ3v) is 4.72. The molecular weight excluding hydrogens is 334 g/mol. The monoisotopic (exact) mass is 349 g/mol. The summed E-state index contributed by atoms with van der Waals surface area (Å²) < 4.78 is 26.8. The number of carbonyl (C=O) groups is 1. The molecule has 0 spiro atoms. The molecule has 1 aromatic rings. The first-order chi connectivity index (χ1) is 8.86. The van der Waals surface area contributed by atoms with E-state index >= 15 is 0 Å². The van der Waals surface area contributed by atoms with Gasteiger partial charge in [0, 0.05) is 29.7 Å². The number of hydrogen-bond acceptors (Lipinski definition) is 4. The fourth-order valence-corrected chi connectivity index (χ4v) is 3.42. The number of carbonyl (C=O) groups excluding carboxylic acids is 1. The minimum absolute atomic E-state index is 0.0371. The van der Waals surface area contributed by atoms with E-state index in [1.807, 2.05) is 0 Å². The Labute approximate surface area is 120 Å². The van der Waals surface area contributed by atoms with E-state index in [-0.39, 0.29) is 23.8 Å². The fourth-order valence-electron chi connectivity index (χ4n) is 1.39. The second-order valence-corrected chi connectivity index (χ2v) is 6.38. The molecule has 8 heteroatoms. The van der Waals surface area contributed by atoms with Crippen molar-refractivity contribution >= 4 is 37.5 Å². The predicted molar refractivity (Wildman–Crippen MR) is 77.0 cm³/mol. The first-order valence-corrected chi connectivity index (χ1v) is 7.96. The van der Waals surface area contributed by atoms with Crippen molar-refractivity contribution in [3.05, 3.63) is 22.7 Å². The van der Waals surface area contributed by atoms with Gasteiger partial charge in [-0.1, -0.05) is 0 Å². The highest BCUT2D eigenvalue weighted by molar-refractivity contribution is 9.10. The van der Waals surface area contributed by atoms with Crippen LogP contribution >= 0.6 is 15.9 Å². The molecule has 0 heterocycles. The summed E-state index contributed by atoms with van der Waals surface area (Å²) in [4.78, 5) is 11.3. The molecule has 0 aromatic heterocycles. The average molecular weight is 350 g/mol. The third-order valence-electron chi connectivity index (χ3n) is 2.26. The minimum atomic E-state index is -3.68. The third kappa shape index (κ3) is 4.81. The summed E-state index contributed by atoms with van der Waals surface area (Å²) >= 11 is 3.16. The maximum atomic E-state index is 12.0. The van der Waals surface area contributed by atoms with Crippen LogP contribution in [0.5, 0.6) is 0 Å². The highest BCUT2D eigenvalue weighted by Crippen LogP contribution is 2.23. The zero-order valence-corrected chi connectivity index (χ0v) is 12.8. The summed E-state index contributed by atoms with van der Waals surface area (Å²) in [7, 11) is -3.68. The number of nitrogens with one attached hydrogen (secondary N) is 2. The Morgan fingerprint density at radius 2 is 2.11 bits per heavy atom. The maximum Gasteiger partial charge on any atom is 0.241 e. The van der Waals surface area contributed by atoms with Crippen LogP contribution < -0.4 is 15.8 Å². The Balaban J connectivity index is 2.71. The average Bonchev–Trinajstić information content (AvgIpc) is 2.32. The molecule has 0 fully saturated rings. The Kier molecular flexibility index (Phi) is 5.77. The van der Waals surface area contributed by atoms with Gasteiger partial charge in [0.2, 0.25) is 15.9 Å². The lowest BCUT2D eigenvalue weighted by molar-refractivity contribution is -0.120. The van der Waals surface area contributed by atoms with E-state index in [2.05, 4.69) is 26.0 Å². The van der Waals surface area contributed by atoms with Crippen LogP contribution in [0.2, 0.25) is 0 Å². The largest absolute Gasteiger partial charge is 0.399 e. The van der Waals surface area contributed by atoms with Crippen molar-refractivity contribution in [1.29, 1.82) is 0 Å². The molecule has 0 aliphatic heterocycles. The van der Waals surface area contributed by atoms with Gasteiger partial charge < -0.3 is 11.1 Å². The van der Waals surface area contributed by atoms with Crippen molar-refractivity contribution in [3.63, 3.8) is 0 Å². The minimum Gasteiger partial charge on any atom is -0.399 e. The van der Waals surface area contributed by atoms with Gasteiger partial charge in [0.15, 0.2) is 0 Å². The number of amides is 1. The number of rotatable bonds is 6. The van der Waals surface area contributed by atoms with Crippen molar-refractivity contribution in [2.24, 2.45) is 0 Å². The van der Waals surface area contributed by atoms with Crippen LogP contribution in [0, 0.1) is 0 Å².